The Morgan fingerprint density at radius 3 is 2.57 bits per heavy atom. The van der Waals surface area contributed by atoms with Gasteiger partial charge in [-0.1, -0.05) is 44.2 Å². The fraction of sp³-hybridized carbons (Fsp3) is 0.500. The number of amides is 1. The second-order valence-corrected chi connectivity index (χ2v) is 5.40. The number of carbonyl (C=O) groups is 1. The van der Waals surface area contributed by atoms with Gasteiger partial charge in [0.15, 0.2) is 5.96 Å². The SMILES string of the molecule is CC(C)CCNC(N)=NCC(=O)NCCc1ccccc1. The normalized spacial score (nSPS) is 11.5. The van der Waals surface area contributed by atoms with Crippen LogP contribution in [-0.2, 0) is 11.2 Å². The number of carbonyl (C=O) groups excluding carboxylic acids is 1. The van der Waals surface area contributed by atoms with Crippen molar-refractivity contribution in [2.24, 2.45) is 16.6 Å². The number of nitrogens with two attached hydrogens (primary N) is 1. The summed E-state index contributed by atoms with van der Waals surface area (Å²) in [5.74, 6) is 0.833. The van der Waals surface area contributed by atoms with Crippen molar-refractivity contribution >= 4 is 11.9 Å². The van der Waals surface area contributed by atoms with Crippen molar-refractivity contribution in [1.29, 1.82) is 0 Å². The highest BCUT2D eigenvalue weighted by atomic mass is 16.1. The van der Waals surface area contributed by atoms with Gasteiger partial charge in [0.1, 0.15) is 6.54 Å². The zero-order chi connectivity index (χ0) is 15.5. The molecule has 0 unspecified atom stereocenters. The predicted octanol–water partition coefficient (Wildman–Crippen LogP) is 1.30. The first kappa shape index (κ1) is 17.0. The maximum atomic E-state index is 11.6. The number of aliphatic imine (C=N–C) groups is 1. The Morgan fingerprint density at radius 1 is 1.19 bits per heavy atom. The quantitative estimate of drug-likeness (QED) is 0.498. The molecule has 116 valence electrons. The molecule has 0 saturated carbocycles. The lowest BCUT2D eigenvalue weighted by Crippen LogP contribution is -2.35. The summed E-state index contributed by atoms with van der Waals surface area (Å²) < 4.78 is 0. The van der Waals surface area contributed by atoms with E-state index in [2.05, 4.69) is 29.5 Å². The first-order valence-corrected chi connectivity index (χ1v) is 7.42. The van der Waals surface area contributed by atoms with E-state index in [4.69, 9.17) is 5.73 Å². The third-order valence-electron chi connectivity index (χ3n) is 3.00. The monoisotopic (exact) mass is 290 g/mol. The number of hydrogen-bond acceptors (Lipinski definition) is 2. The molecule has 1 aromatic carbocycles. The van der Waals surface area contributed by atoms with Crippen LogP contribution in [0, 0.1) is 5.92 Å². The molecule has 0 aliphatic rings. The Balaban J connectivity index is 2.15. The number of guanidine groups is 1. The van der Waals surface area contributed by atoms with Crippen LogP contribution in [0.1, 0.15) is 25.8 Å². The van der Waals surface area contributed by atoms with Gasteiger partial charge in [-0.25, -0.2) is 4.99 Å². The van der Waals surface area contributed by atoms with Crippen LogP contribution in [0.4, 0.5) is 0 Å². The smallest absolute Gasteiger partial charge is 0.241 e. The van der Waals surface area contributed by atoms with E-state index in [1.807, 2.05) is 30.3 Å². The zero-order valence-corrected chi connectivity index (χ0v) is 12.9. The molecule has 0 spiro atoms. The van der Waals surface area contributed by atoms with Gasteiger partial charge in [-0.05, 0) is 24.3 Å². The van der Waals surface area contributed by atoms with E-state index in [-0.39, 0.29) is 12.5 Å². The maximum absolute atomic E-state index is 11.6. The number of nitrogens with zero attached hydrogens (tertiary/aromatic N) is 1. The van der Waals surface area contributed by atoms with Gasteiger partial charge in [0, 0.05) is 13.1 Å². The van der Waals surface area contributed by atoms with Crippen LogP contribution in [0.15, 0.2) is 35.3 Å². The highest BCUT2D eigenvalue weighted by Gasteiger charge is 2.00. The van der Waals surface area contributed by atoms with Crippen molar-refractivity contribution in [3.05, 3.63) is 35.9 Å². The van der Waals surface area contributed by atoms with Crippen LogP contribution in [0.3, 0.4) is 0 Å². The number of benzene rings is 1. The Bertz CT molecular complexity index is 443. The van der Waals surface area contributed by atoms with Crippen molar-refractivity contribution in [3.8, 4) is 0 Å². The highest BCUT2D eigenvalue weighted by Crippen LogP contribution is 1.98. The van der Waals surface area contributed by atoms with Gasteiger partial charge in [0.05, 0.1) is 0 Å². The van der Waals surface area contributed by atoms with E-state index < -0.39 is 0 Å². The van der Waals surface area contributed by atoms with Crippen LogP contribution in [0.25, 0.3) is 0 Å². The van der Waals surface area contributed by atoms with Crippen LogP contribution >= 0.6 is 0 Å². The average molecular weight is 290 g/mol. The molecule has 5 heteroatoms. The number of nitrogens with one attached hydrogen (secondary N) is 2. The maximum Gasteiger partial charge on any atom is 0.241 e. The minimum Gasteiger partial charge on any atom is -0.370 e. The van der Waals surface area contributed by atoms with Gasteiger partial charge >= 0.3 is 0 Å². The van der Waals surface area contributed by atoms with Gasteiger partial charge in [0.25, 0.3) is 0 Å². The second-order valence-electron chi connectivity index (χ2n) is 5.40. The van der Waals surface area contributed by atoms with Crippen LogP contribution in [0.2, 0.25) is 0 Å². The van der Waals surface area contributed by atoms with Crippen molar-refractivity contribution in [2.75, 3.05) is 19.6 Å². The molecule has 0 aromatic heterocycles. The van der Waals surface area contributed by atoms with E-state index in [1.54, 1.807) is 0 Å². The molecule has 1 amide bonds. The van der Waals surface area contributed by atoms with E-state index >= 15 is 0 Å². The third-order valence-corrected chi connectivity index (χ3v) is 3.00. The molecule has 0 bridgehead atoms. The van der Waals surface area contributed by atoms with E-state index in [9.17, 15) is 4.79 Å². The van der Waals surface area contributed by atoms with Gasteiger partial charge in [-0.2, -0.15) is 0 Å². The molecular formula is C16H26N4O. The summed E-state index contributed by atoms with van der Waals surface area (Å²) in [6.07, 6.45) is 1.85. The fourth-order valence-corrected chi connectivity index (χ4v) is 1.75. The molecule has 0 heterocycles. The Hall–Kier alpha value is -2.04. The molecular weight excluding hydrogens is 264 g/mol. The summed E-state index contributed by atoms with van der Waals surface area (Å²) in [5, 5.41) is 5.83. The molecule has 5 nitrogen and oxygen atoms in total. The summed E-state index contributed by atoms with van der Waals surface area (Å²) in [6.45, 7) is 5.75. The van der Waals surface area contributed by atoms with Gasteiger partial charge in [-0.15, -0.1) is 0 Å². The molecule has 0 aliphatic carbocycles. The van der Waals surface area contributed by atoms with E-state index in [0.29, 0.717) is 18.4 Å². The largest absolute Gasteiger partial charge is 0.370 e. The Labute approximate surface area is 127 Å². The lowest BCUT2D eigenvalue weighted by molar-refractivity contribution is -0.119. The highest BCUT2D eigenvalue weighted by molar-refractivity contribution is 5.83. The molecule has 0 radical (unpaired) electrons. The zero-order valence-electron chi connectivity index (χ0n) is 12.9. The molecule has 0 atom stereocenters. The topological polar surface area (TPSA) is 79.5 Å². The molecule has 0 fully saturated rings. The number of rotatable bonds is 8. The summed E-state index contributed by atoms with van der Waals surface area (Å²) in [4.78, 5) is 15.6. The van der Waals surface area contributed by atoms with E-state index in [0.717, 1.165) is 19.4 Å². The summed E-state index contributed by atoms with van der Waals surface area (Å²) in [6, 6.07) is 10.0. The molecule has 1 aromatic rings. The molecule has 1 rings (SSSR count). The lowest BCUT2D eigenvalue weighted by Gasteiger charge is -2.07. The lowest BCUT2D eigenvalue weighted by atomic mass is 10.1. The molecule has 21 heavy (non-hydrogen) atoms. The minimum atomic E-state index is -0.112. The Kier molecular flexibility index (Phi) is 7.94. The first-order chi connectivity index (χ1) is 10.1. The first-order valence-electron chi connectivity index (χ1n) is 7.42. The molecule has 4 N–H and O–H groups in total. The van der Waals surface area contributed by atoms with Crippen molar-refractivity contribution in [2.45, 2.75) is 26.7 Å². The van der Waals surface area contributed by atoms with E-state index in [1.165, 1.54) is 5.56 Å². The minimum absolute atomic E-state index is 0.0648. The van der Waals surface area contributed by atoms with Crippen molar-refractivity contribution in [3.63, 3.8) is 0 Å². The summed E-state index contributed by atoms with van der Waals surface area (Å²) in [5.41, 5.74) is 6.89. The van der Waals surface area contributed by atoms with Crippen LogP contribution < -0.4 is 16.4 Å². The van der Waals surface area contributed by atoms with Crippen molar-refractivity contribution in [1.82, 2.24) is 10.6 Å². The second kappa shape index (κ2) is 9.80. The predicted molar refractivity (Wildman–Crippen MR) is 87.1 cm³/mol. The summed E-state index contributed by atoms with van der Waals surface area (Å²) in [7, 11) is 0. The standard InChI is InChI=1S/C16H26N4O/c1-13(2)8-10-19-16(17)20-12-15(21)18-11-9-14-6-4-3-5-7-14/h3-7,13H,8-12H2,1-2H3,(H,18,21)(H3,17,19,20). The average Bonchev–Trinajstić information content (AvgIpc) is 2.46. The molecule has 0 saturated heterocycles. The van der Waals surface area contributed by atoms with Gasteiger partial charge in [0.2, 0.25) is 5.91 Å². The fourth-order valence-electron chi connectivity index (χ4n) is 1.75. The van der Waals surface area contributed by atoms with Crippen LogP contribution in [0.5, 0.6) is 0 Å². The van der Waals surface area contributed by atoms with Gasteiger partial charge < -0.3 is 16.4 Å². The van der Waals surface area contributed by atoms with Crippen LogP contribution in [-0.4, -0.2) is 31.5 Å². The Morgan fingerprint density at radius 2 is 1.90 bits per heavy atom. The summed E-state index contributed by atoms with van der Waals surface area (Å²) >= 11 is 0. The molecule has 0 aliphatic heterocycles. The van der Waals surface area contributed by atoms with Gasteiger partial charge in [-0.3, -0.25) is 4.79 Å². The third kappa shape index (κ3) is 8.68. The number of hydrogen-bond donors (Lipinski definition) is 3. The van der Waals surface area contributed by atoms with Crippen molar-refractivity contribution < 1.29 is 4.79 Å².